The molecule has 0 radical (unpaired) electrons. The van der Waals surface area contributed by atoms with Crippen molar-refractivity contribution < 1.29 is 37.3 Å². The van der Waals surface area contributed by atoms with E-state index in [-0.39, 0.29) is 26.2 Å². The molecule has 1 aliphatic carbocycles. The van der Waals surface area contributed by atoms with Crippen molar-refractivity contribution in [1.29, 1.82) is 0 Å². The van der Waals surface area contributed by atoms with E-state index in [1.54, 1.807) is 18.3 Å². The van der Waals surface area contributed by atoms with Crippen LogP contribution in [0.15, 0.2) is 47.6 Å². The number of aromatic nitrogens is 3. The molecule has 2 aliphatic heterocycles. The fourth-order valence-corrected chi connectivity index (χ4v) is 6.77. The first-order valence-electron chi connectivity index (χ1n) is 14.2. The Balaban J connectivity index is 0.00000357. The van der Waals surface area contributed by atoms with Gasteiger partial charge in [-0.15, -0.1) is 0 Å². The Kier molecular flexibility index (Phi) is 7.03. The maximum Gasteiger partial charge on any atom is 0.251 e. The number of amides is 1. The number of halogens is 3. The predicted octanol–water partition coefficient (Wildman–Crippen LogP) is 4.96. The average Bonchev–Trinajstić information content (AvgIpc) is 3.85. The quantitative estimate of drug-likeness (QED) is 0.316. The lowest BCUT2D eigenvalue weighted by Crippen LogP contribution is -2.27. The van der Waals surface area contributed by atoms with Crippen LogP contribution in [0.4, 0.5) is 24.7 Å². The monoisotopic (exact) mass is 627 g/mol. The van der Waals surface area contributed by atoms with Crippen LogP contribution in [0.3, 0.4) is 0 Å². The highest BCUT2D eigenvalue weighted by Crippen LogP contribution is 2.41. The summed E-state index contributed by atoms with van der Waals surface area (Å²) in [6.45, 7) is 0.138. The molecular weight excluding hydrogens is 599 g/mol. The summed E-state index contributed by atoms with van der Waals surface area (Å²) in [5, 5.41) is 3.30. The molecule has 5 heterocycles. The van der Waals surface area contributed by atoms with E-state index >= 15 is 4.39 Å². The van der Waals surface area contributed by atoms with E-state index in [2.05, 4.69) is 15.3 Å². The number of hydrogen-bond acceptors (Lipinski definition) is 9. The molecule has 14 heteroatoms. The number of benzene rings is 1. The molecule has 1 amide bonds. The number of nitrogens with zero attached hydrogens (tertiary/aromatic N) is 4. The van der Waals surface area contributed by atoms with E-state index in [1.165, 1.54) is 6.20 Å². The van der Waals surface area contributed by atoms with Crippen molar-refractivity contribution in [2.45, 2.75) is 55.2 Å². The molecule has 10 nitrogen and oxygen atoms in total. The molecule has 7 rings (SSSR count). The number of carbonyl (C=O) groups is 1. The summed E-state index contributed by atoms with van der Waals surface area (Å²) in [4.78, 5) is 27.3. The molecule has 0 bridgehead atoms. The number of rotatable bonds is 6. The number of fused-ring (bicyclic) bond motifs is 3. The third kappa shape index (κ3) is 5.16. The van der Waals surface area contributed by atoms with Gasteiger partial charge in [0.25, 0.3) is 5.91 Å². The molecule has 44 heavy (non-hydrogen) atoms. The Morgan fingerprint density at radius 1 is 1.11 bits per heavy atom. The summed E-state index contributed by atoms with van der Waals surface area (Å²) in [6, 6.07) is 7.03. The van der Waals surface area contributed by atoms with Crippen molar-refractivity contribution in [3.05, 3.63) is 71.2 Å². The van der Waals surface area contributed by atoms with Crippen LogP contribution < -0.4 is 19.7 Å². The highest BCUT2D eigenvalue weighted by molar-refractivity contribution is 7.92. The van der Waals surface area contributed by atoms with Crippen LogP contribution in [0, 0.1) is 11.6 Å². The van der Waals surface area contributed by atoms with Crippen molar-refractivity contribution in [1.82, 2.24) is 20.3 Å². The SMILES string of the molecule is O=C(NCc1cc2nc(N3CCCc4c(OC5CC5)ncc(F)c43)ccc2cn1)c1cc(F)c2c(c1)S(=O)(=O)[C@@H](F)CCO2.[HH]. The standard InChI is InChI=1S/C30H26F3N5O5S.H2/c31-21-10-17(11-24-28(21)42-9-7-25(33)44(24,40)41)29(39)35-14-18-12-23-16(13-34-18)3-6-26(37-23)38-8-1-2-20-27(38)22(32)15-36-30(20)43-19-4-5-19;/h3,6,10-13,15,19,25H,1-2,4-5,7-9,14H2,(H,35,39);1H/t25-;/m1./s1. The van der Waals surface area contributed by atoms with E-state index in [9.17, 15) is 22.0 Å². The van der Waals surface area contributed by atoms with Gasteiger partial charge in [0.2, 0.25) is 21.2 Å². The minimum absolute atomic E-state index is 0. The van der Waals surface area contributed by atoms with Crippen LogP contribution in [0.25, 0.3) is 10.9 Å². The van der Waals surface area contributed by atoms with Gasteiger partial charge in [-0.25, -0.2) is 31.6 Å². The molecule has 1 saturated carbocycles. The van der Waals surface area contributed by atoms with Crippen molar-refractivity contribution in [3.63, 3.8) is 0 Å². The van der Waals surface area contributed by atoms with Gasteiger partial charge in [0.15, 0.2) is 17.4 Å². The van der Waals surface area contributed by atoms with Gasteiger partial charge in [0, 0.05) is 37.1 Å². The van der Waals surface area contributed by atoms with Gasteiger partial charge >= 0.3 is 0 Å². The second-order valence-electron chi connectivity index (χ2n) is 10.9. The minimum atomic E-state index is -4.54. The predicted molar refractivity (Wildman–Crippen MR) is 155 cm³/mol. The maximum atomic E-state index is 15.1. The van der Waals surface area contributed by atoms with Gasteiger partial charge in [-0.05, 0) is 56.0 Å². The van der Waals surface area contributed by atoms with Gasteiger partial charge in [0.05, 0.1) is 36.2 Å². The van der Waals surface area contributed by atoms with Crippen LogP contribution in [0.5, 0.6) is 11.6 Å². The third-order valence-electron chi connectivity index (χ3n) is 7.77. The lowest BCUT2D eigenvalue weighted by atomic mass is 10.0. The number of nitrogens with one attached hydrogen (secondary N) is 1. The second kappa shape index (κ2) is 10.9. The maximum absolute atomic E-state index is 15.1. The Bertz CT molecular complexity index is 1930. The van der Waals surface area contributed by atoms with Gasteiger partial charge < -0.3 is 19.7 Å². The Hall–Kier alpha value is -4.46. The molecule has 230 valence electrons. The highest BCUT2D eigenvalue weighted by Gasteiger charge is 2.36. The molecule has 0 unspecified atom stereocenters. The topological polar surface area (TPSA) is 124 Å². The van der Waals surface area contributed by atoms with Crippen LogP contribution in [-0.2, 0) is 22.8 Å². The molecule has 3 aromatic heterocycles. The number of hydrogen-bond donors (Lipinski definition) is 1. The summed E-state index contributed by atoms with van der Waals surface area (Å²) >= 11 is 0. The van der Waals surface area contributed by atoms with Crippen LogP contribution in [0.2, 0.25) is 0 Å². The van der Waals surface area contributed by atoms with E-state index in [0.717, 1.165) is 37.0 Å². The number of alkyl halides is 1. The summed E-state index contributed by atoms with van der Waals surface area (Å²) in [7, 11) is -4.54. The molecule has 1 fully saturated rings. The summed E-state index contributed by atoms with van der Waals surface area (Å²) in [5.74, 6) is -1.94. The molecule has 0 spiro atoms. The second-order valence-corrected chi connectivity index (χ2v) is 13.0. The van der Waals surface area contributed by atoms with Crippen LogP contribution >= 0.6 is 0 Å². The molecular formula is C30H28F3N5O5S. The minimum Gasteiger partial charge on any atom is -0.489 e. The summed E-state index contributed by atoms with van der Waals surface area (Å²) in [5.41, 5.74) is -0.501. The van der Waals surface area contributed by atoms with Crippen LogP contribution in [0.1, 0.15) is 48.7 Å². The van der Waals surface area contributed by atoms with Crippen molar-refractivity contribution >= 4 is 38.2 Å². The number of ether oxygens (including phenoxy) is 2. The summed E-state index contributed by atoms with van der Waals surface area (Å²) < 4.78 is 80.2. The molecule has 1 atom stereocenters. The molecule has 1 N–H and O–H groups in total. The normalized spacial score (nSPS) is 19.0. The number of sulfone groups is 1. The zero-order valence-corrected chi connectivity index (χ0v) is 24.0. The largest absolute Gasteiger partial charge is 0.489 e. The molecule has 1 aromatic carbocycles. The van der Waals surface area contributed by atoms with Gasteiger partial charge in [0.1, 0.15) is 16.8 Å². The smallest absolute Gasteiger partial charge is 0.251 e. The van der Waals surface area contributed by atoms with Crippen molar-refractivity contribution in [3.8, 4) is 11.6 Å². The third-order valence-corrected chi connectivity index (χ3v) is 9.60. The van der Waals surface area contributed by atoms with Gasteiger partial charge in [-0.2, -0.15) is 0 Å². The van der Waals surface area contributed by atoms with E-state index < -0.39 is 49.9 Å². The van der Waals surface area contributed by atoms with E-state index in [0.29, 0.717) is 46.9 Å². The summed E-state index contributed by atoms with van der Waals surface area (Å²) in [6.07, 6.45) is 5.75. The number of carbonyl (C=O) groups excluding carboxylic acids is 1. The Labute approximate surface area is 251 Å². The van der Waals surface area contributed by atoms with E-state index in [1.807, 2.05) is 11.0 Å². The lowest BCUT2D eigenvalue weighted by molar-refractivity contribution is 0.0949. The fourth-order valence-electron chi connectivity index (χ4n) is 5.38. The first kappa shape index (κ1) is 28.3. The number of pyridine rings is 3. The van der Waals surface area contributed by atoms with Crippen molar-refractivity contribution in [2.75, 3.05) is 18.1 Å². The molecule has 3 aliphatic rings. The molecule has 0 saturated heterocycles. The number of anilines is 2. The Morgan fingerprint density at radius 2 is 1.95 bits per heavy atom. The first-order valence-corrected chi connectivity index (χ1v) is 15.7. The lowest BCUT2D eigenvalue weighted by Gasteiger charge is -2.31. The zero-order chi connectivity index (χ0) is 30.6. The van der Waals surface area contributed by atoms with Gasteiger partial charge in [-0.1, -0.05) is 0 Å². The van der Waals surface area contributed by atoms with Crippen LogP contribution in [-0.4, -0.2) is 54.0 Å². The fraction of sp³-hybridized carbons (Fsp3) is 0.333. The average molecular weight is 628 g/mol. The molecule has 4 aromatic rings. The van der Waals surface area contributed by atoms with Crippen molar-refractivity contribution in [2.24, 2.45) is 0 Å². The first-order chi connectivity index (χ1) is 21.2. The zero-order valence-electron chi connectivity index (χ0n) is 23.2. The highest BCUT2D eigenvalue weighted by atomic mass is 32.2. The van der Waals surface area contributed by atoms with E-state index in [4.69, 9.17) is 14.5 Å². The Morgan fingerprint density at radius 3 is 2.77 bits per heavy atom. The van der Waals surface area contributed by atoms with Gasteiger partial charge in [-0.3, -0.25) is 9.78 Å².